The Hall–Kier alpha value is 0.370. The summed E-state index contributed by atoms with van der Waals surface area (Å²) < 4.78 is 33.2. The molecule has 8 atom stereocenters. The molecule has 0 aromatic rings. The molecule has 3 N–H and O–H groups in total. The standard InChI is InChI=1S/C8H13IO4.C8H14O5/c2*1-8(2)12-6-5(10)4(3-9)11-7(6)13-8/h4-7,10H,3H2,1-2H3;4-7,9-10H,3H2,1-2H3/t2*4-,5+,6?,7-/m11/s1. The fourth-order valence-electron chi connectivity index (χ4n) is 3.39. The van der Waals surface area contributed by atoms with Crippen LogP contribution in [-0.2, 0) is 28.4 Å². The Morgan fingerprint density at radius 1 is 0.769 bits per heavy atom. The molecular formula is C16H27IO9. The first-order valence-electron chi connectivity index (χ1n) is 8.62. The van der Waals surface area contributed by atoms with Gasteiger partial charge in [0.15, 0.2) is 24.2 Å². The van der Waals surface area contributed by atoms with Gasteiger partial charge < -0.3 is 43.7 Å². The highest BCUT2D eigenvalue weighted by Gasteiger charge is 2.54. The molecule has 4 aliphatic heterocycles. The Balaban J connectivity index is 0.000000151. The minimum Gasteiger partial charge on any atom is -0.394 e. The second kappa shape index (κ2) is 7.65. The minimum absolute atomic E-state index is 0.160. The molecule has 0 aliphatic carbocycles. The number of aliphatic hydroxyl groups is 3. The normalized spacial score (nSPS) is 48.0. The summed E-state index contributed by atoms with van der Waals surface area (Å²) in [5.74, 6) is -1.34. The average Bonchev–Trinajstić information content (AvgIpc) is 3.20. The van der Waals surface area contributed by atoms with Crippen LogP contribution in [0.25, 0.3) is 0 Å². The van der Waals surface area contributed by atoms with Crippen molar-refractivity contribution in [3.8, 4) is 0 Å². The maximum atomic E-state index is 9.76. The third kappa shape index (κ3) is 4.19. The van der Waals surface area contributed by atoms with E-state index in [9.17, 15) is 10.2 Å². The Morgan fingerprint density at radius 2 is 1.19 bits per heavy atom. The van der Waals surface area contributed by atoms with Crippen LogP contribution in [0.5, 0.6) is 0 Å². The fraction of sp³-hybridized carbons (Fsp3) is 1.00. The molecule has 152 valence electrons. The molecule has 9 nitrogen and oxygen atoms in total. The van der Waals surface area contributed by atoms with Crippen molar-refractivity contribution in [3.05, 3.63) is 0 Å². The topological polar surface area (TPSA) is 116 Å². The highest BCUT2D eigenvalue weighted by atomic mass is 127. The van der Waals surface area contributed by atoms with E-state index in [2.05, 4.69) is 22.6 Å². The molecule has 0 bridgehead atoms. The smallest absolute Gasteiger partial charge is 0.190 e. The van der Waals surface area contributed by atoms with Gasteiger partial charge in [-0.05, 0) is 27.7 Å². The van der Waals surface area contributed by atoms with Gasteiger partial charge in [-0.15, -0.1) is 0 Å². The SMILES string of the molecule is CC1(C)OC2[C@H](O[C@H](CI)[C@@H]2O)O1.CC1(C)OC2[C@H](O[C@H](CO)[C@@H]2O)O1. The fourth-order valence-corrected chi connectivity index (χ4v) is 4.12. The van der Waals surface area contributed by atoms with E-state index in [1.165, 1.54) is 0 Å². The maximum absolute atomic E-state index is 9.76. The van der Waals surface area contributed by atoms with Crippen molar-refractivity contribution in [2.75, 3.05) is 11.0 Å². The van der Waals surface area contributed by atoms with Gasteiger partial charge in [0.25, 0.3) is 0 Å². The summed E-state index contributed by atoms with van der Waals surface area (Å²) in [5.41, 5.74) is 0. The zero-order valence-electron chi connectivity index (χ0n) is 15.2. The molecule has 0 spiro atoms. The van der Waals surface area contributed by atoms with E-state index in [1.807, 2.05) is 13.8 Å². The van der Waals surface area contributed by atoms with Crippen LogP contribution >= 0.6 is 22.6 Å². The van der Waals surface area contributed by atoms with Crippen molar-refractivity contribution < 1.29 is 43.7 Å². The Morgan fingerprint density at radius 3 is 1.58 bits per heavy atom. The molecule has 4 fully saturated rings. The quantitative estimate of drug-likeness (QED) is 0.360. The van der Waals surface area contributed by atoms with Crippen LogP contribution in [0.1, 0.15) is 27.7 Å². The van der Waals surface area contributed by atoms with Gasteiger partial charge >= 0.3 is 0 Å². The van der Waals surface area contributed by atoms with Crippen molar-refractivity contribution in [2.45, 2.75) is 88.5 Å². The van der Waals surface area contributed by atoms with Gasteiger partial charge in [-0.25, -0.2) is 0 Å². The van der Waals surface area contributed by atoms with Gasteiger partial charge in [0.05, 0.1) is 12.7 Å². The Labute approximate surface area is 166 Å². The molecule has 10 heteroatoms. The Kier molecular flexibility index (Phi) is 6.21. The lowest BCUT2D eigenvalue weighted by Crippen LogP contribution is -2.36. The highest BCUT2D eigenvalue weighted by Crippen LogP contribution is 2.38. The lowest BCUT2D eigenvalue weighted by molar-refractivity contribution is -0.218. The van der Waals surface area contributed by atoms with Crippen molar-refractivity contribution in [3.63, 3.8) is 0 Å². The van der Waals surface area contributed by atoms with Gasteiger partial charge in [0, 0.05) is 4.43 Å². The molecular weight excluding hydrogens is 463 g/mol. The summed E-state index contributed by atoms with van der Waals surface area (Å²) >= 11 is 2.18. The second-order valence-corrected chi connectivity index (χ2v) is 8.49. The lowest BCUT2D eigenvalue weighted by Gasteiger charge is -2.21. The van der Waals surface area contributed by atoms with Gasteiger partial charge in [0.1, 0.15) is 30.5 Å². The molecule has 4 rings (SSSR count). The maximum Gasteiger partial charge on any atom is 0.190 e. The largest absolute Gasteiger partial charge is 0.394 e. The molecule has 0 aromatic carbocycles. The summed E-state index contributed by atoms with van der Waals surface area (Å²) in [6, 6.07) is 0. The summed E-state index contributed by atoms with van der Waals surface area (Å²) in [5, 5.41) is 28.2. The van der Waals surface area contributed by atoms with E-state index >= 15 is 0 Å². The molecule has 0 amide bonds. The van der Waals surface area contributed by atoms with Crippen molar-refractivity contribution in [1.29, 1.82) is 0 Å². The first-order chi connectivity index (χ1) is 12.1. The van der Waals surface area contributed by atoms with E-state index in [-0.39, 0.29) is 18.8 Å². The zero-order valence-corrected chi connectivity index (χ0v) is 17.4. The summed E-state index contributed by atoms with van der Waals surface area (Å²) in [4.78, 5) is 0. The third-order valence-electron chi connectivity index (χ3n) is 4.56. The summed E-state index contributed by atoms with van der Waals surface area (Å²) in [6.45, 7) is 6.94. The van der Waals surface area contributed by atoms with Crippen LogP contribution in [0, 0.1) is 0 Å². The number of alkyl halides is 1. The molecule has 0 radical (unpaired) electrons. The van der Waals surface area contributed by atoms with Crippen LogP contribution < -0.4 is 0 Å². The number of fused-ring (bicyclic) bond motifs is 2. The molecule has 2 unspecified atom stereocenters. The van der Waals surface area contributed by atoms with Crippen LogP contribution in [0.15, 0.2) is 0 Å². The molecule has 0 aromatic heterocycles. The van der Waals surface area contributed by atoms with Crippen molar-refractivity contribution in [1.82, 2.24) is 0 Å². The predicted octanol–water partition coefficient (Wildman–Crippen LogP) is -0.125. The molecule has 26 heavy (non-hydrogen) atoms. The number of rotatable bonds is 2. The first kappa shape index (κ1) is 21.1. The molecule has 4 heterocycles. The number of hydrogen-bond donors (Lipinski definition) is 3. The number of aliphatic hydroxyl groups excluding tert-OH is 3. The molecule has 4 aliphatic rings. The monoisotopic (exact) mass is 490 g/mol. The Bertz CT molecular complexity index is 458. The van der Waals surface area contributed by atoms with E-state index in [0.717, 1.165) is 4.43 Å². The zero-order chi connectivity index (χ0) is 19.3. The van der Waals surface area contributed by atoms with Gasteiger partial charge in [-0.3, -0.25) is 0 Å². The summed E-state index contributed by atoms with van der Waals surface area (Å²) in [6.07, 6.45) is -3.88. The van der Waals surface area contributed by atoms with E-state index in [4.69, 9.17) is 33.5 Å². The lowest BCUT2D eigenvalue weighted by atomic mass is 10.1. The predicted molar refractivity (Wildman–Crippen MR) is 95.4 cm³/mol. The van der Waals surface area contributed by atoms with E-state index in [0.29, 0.717) is 0 Å². The van der Waals surface area contributed by atoms with Crippen LogP contribution in [0.4, 0.5) is 0 Å². The number of ether oxygens (including phenoxy) is 6. The first-order valence-corrected chi connectivity index (χ1v) is 10.1. The van der Waals surface area contributed by atoms with E-state index in [1.54, 1.807) is 13.8 Å². The van der Waals surface area contributed by atoms with Gasteiger partial charge in [-0.2, -0.15) is 0 Å². The average molecular weight is 490 g/mol. The van der Waals surface area contributed by atoms with Crippen molar-refractivity contribution >= 4 is 22.6 Å². The van der Waals surface area contributed by atoms with Crippen LogP contribution in [0.3, 0.4) is 0 Å². The number of hydrogen-bond acceptors (Lipinski definition) is 9. The highest BCUT2D eigenvalue weighted by molar-refractivity contribution is 14.1. The van der Waals surface area contributed by atoms with Crippen LogP contribution in [-0.4, -0.2) is 87.1 Å². The second-order valence-electron chi connectivity index (χ2n) is 7.60. The third-order valence-corrected chi connectivity index (χ3v) is 5.43. The van der Waals surface area contributed by atoms with Crippen LogP contribution in [0.2, 0.25) is 0 Å². The minimum atomic E-state index is -0.809. The number of halogens is 1. The molecule has 0 saturated carbocycles. The van der Waals surface area contributed by atoms with E-state index < -0.39 is 48.6 Å². The van der Waals surface area contributed by atoms with Gasteiger partial charge in [-0.1, -0.05) is 22.6 Å². The molecule has 4 saturated heterocycles. The van der Waals surface area contributed by atoms with Gasteiger partial charge in [0.2, 0.25) is 0 Å². The van der Waals surface area contributed by atoms with Crippen molar-refractivity contribution in [2.24, 2.45) is 0 Å². The summed E-state index contributed by atoms with van der Waals surface area (Å²) in [7, 11) is 0.